The summed E-state index contributed by atoms with van der Waals surface area (Å²) in [6, 6.07) is 13.1. The van der Waals surface area contributed by atoms with Gasteiger partial charge < -0.3 is 11.1 Å². The number of rotatable bonds is 7. The van der Waals surface area contributed by atoms with E-state index in [1.807, 2.05) is 24.3 Å². The third kappa shape index (κ3) is 5.79. The zero-order valence-electron chi connectivity index (χ0n) is 19.3. The fourth-order valence-corrected chi connectivity index (χ4v) is 5.99. The lowest BCUT2D eigenvalue weighted by Crippen LogP contribution is -2.46. The average molecular weight is 465 g/mol. The summed E-state index contributed by atoms with van der Waals surface area (Å²) in [5.41, 5.74) is 8.91. The maximum absolute atomic E-state index is 13.4. The maximum atomic E-state index is 13.4. The normalized spacial score (nSPS) is 17.8. The van der Waals surface area contributed by atoms with Gasteiger partial charge in [0.2, 0.25) is 0 Å². The summed E-state index contributed by atoms with van der Waals surface area (Å²) in [5.74, 6) is 1.11. The molecule has 33 heavy (non-hydrogen) atoms. The van der Waals surface area contributed by atoms with E-state index in [2.05, 4.69) is 5.32 Å². The molecule has 1 amide bonds. The van der Waals surface area contributed by atoms with Gasteiger partial charge in [0.1, 0.15) is 0 Å². The van der Waals surface area contributed by atoms with Crippen molar-refractivity contribution in [1.82, 2.24) is 5.32 Å². The number of nitrogens with one attached hydrogen (secondary N) is 2. The lowest BCUT2D eigenvalue weighted by molar-refractivity contribution is 0.0861. The van der Waals surface area contributed by atoms with Gasteiger partial charge in [0.15, 0.2) is 0 Å². The Labute approximate surface area is 201 Å². The van der Waals surface area contributed by atoms with Crippen LogP contribution in [0.1, 0.15) is 85.7 Å². The van der Waals surface area contributed by atoms with E-state index in [4.69, 9.17) is 16.3 Å². The van der Waals surface area contributed by atoms with Crippen molar-refractivity contribution in [2.24, 2.45) is 17.0 Å². The molecule has 0 aliphatic heterocycles. The standard InChI is InChI=1S/C27H36N4OS/c28-24-15-14-21(17-23(24)25(29)20-12-7-13-22(16-20)33-30)27(32)31-26(18-8-3-1-4-9-18)19-10-5-2-6-11-19/h7,12-19,26,29H,1-6,8-11,28,30H2,(H,31,32). The lowest BCUT2D eigenvalue weighted by atomic mass is 9.73. The number of nitrogen functional groups attached to an aromatic ring is 1. The van der Waals surface area contributed by atoms with Crippen LogP contribution in [-0.4, -0.2) is 17.7 Å². The SMILES string of the molecule is N=C(c1cccc(SN)c1)c1cc(C(=O)NC(C2CCCCC2)C2CCCCC2)ccc1N. The number of hydrogen-bond donors (Lipinski definition) is 4. The summed E-state index contributed by atoms with van der Waals surface area (Å²) < 4.78 is 0. The number of carbonyl (C=O) groups is 1. The molecule has 2 aromatic rings. The molecule has 0 bridgehead atoms. The molecule has 0 radical (unpaired) electrons. The number of hydrogen-bond acceptors (Lipinski definition) is 5. The van der Waals surface area contributed by atoms with Crippen molar-refractivity contribution in [1.29, 1.82) is 5.41 Å². The first-order valence-electron chi connectivity index (χ1n) is 12.3. The molecule has 176 valence electrons. The molecule has 2 aromatic carbocycles. The van der Waals surface area contributed by atoms with Crippen LogP contribution >= 0.6 is 11.9 Å². The number of carbonyl (C=O) groups excluding carboxylic acids is 1. The van der Waals surface area contributed by atoms with Gasteiger partial charge in [-0.2, -0.15) is 0 Å². The Morgan fingerprint density at radius 2 is 1.55 bits per heavy atom. The molecule has 2 saturated carbocycles. The second kappa shape index (κ2) is 11.2. The molecular weight excluding hydrogens is 428 g/mol. The third-order valence-electron chi connectivity index (χ3n) is 7.46. The topological polar surface area (TPSA) is 105 Å². The van der Waals surface area contributed by atoms with E-state index in [-0.39, 0.29) is 11.9 Å². The summed E-state index contributed by atoms with van der Waals surface area (Å²) in [6.07, 6.45) is 12.6. The van der Waals surface area contributed by atoms with Crippen molar-refractivity contribution in [3.8, 4) is 0 Å². The van der Waals surface area contributed by atoms with Crippen molar-refractivity contribution in [2.75, 3.05) is 5.73 Å². The Morgan fingerprint density at radius 3 is 2.15 bits per heavy atom. The largest absolute Gasteiger partial charge is 0.398 e. The molecule has 6 N–H and O–H groups in total. The van der Waals surface area contributed by atoms with Gasteiger partial charge in [-0.25, -0.2) is 0 Å². The zero-order valence-corrected chi connectivity index (χ0v) is 20.1. The number of nitrogens with two attached hydrogens (primary N) is 2. The van der Waals surface area contributed by atoms with Crippen molar-refractivity contribution in [3.05, 3.63) is 59.2 Å². The van der Waals surface area contributed by atoms with E-state index in [1.165, 1.54) is 64.2 Å². The maximum Gasteiger partial charge on any atom is 0.251 e. The monoisotopic (exact) mass is 464 g/mol. The van der Waals surface area contributed by atoms with Crippen LogP contribution in [0.15, 0.2) is 47.4 Å². The van der Waals surface area contributed by atoms with Crippen LogP contribution in [0.2, 0.25) is 0 Å². The Kier molecular flexibility index (Phi) is 8.10. The highest BCUT2D eigenvalue weighted by Crippen LogP contribution is 2.36. The number of benzene rings is 2. The Morgan fingerprint density at radius 1 is 0.909 bits per heavy atom. The Bertz CT molecular complexity index is 962. The van der Waals surface area contributed by atoms with Crippen LogP contribution in [0, 0.1) is 17.2 Å². The van der Waals surface area contributed by atoms with Crippen molar-refractivity contribution in [2.45, 2.75) is 75.1 Å². The molecule has 0 unspecified atom stereocenters. The van der Waals surface area contributed by atoms with E-state index in [0.717, 1.165) is 22.4 Å². The van der Waals surface area contributed by atoms with E-state index in [0.29, 0.717) is 34.4 Å². The van der Waals surface area contributed by atoms with Crippen LogP contribution in [0.25, 0.3) is 0 Å². The number of anilines is 1. The minimum absolute atomic E-state index is 0.0449. The lowest BCUT2D eigenvalue weighted by Gasteiger charge is -2.38. The molecule has 0 aromatic heterocycles. The summed E-state index contributed by atoms with van der Waals surface area (Å²) in [4.78, 5) is 14.3. The Hall–Kier alpha value is -2.31. The van der Waals surface area contributed by atoms with Gasteiger partial charge in [0.25, 0.3) is 5.91 Å². The van der Waals surface area contributed by atoms with Gasteiger partial charge >= 0.3 is 0 Å². The smallest absolute Gasteiger partial charge is 0.251 e. The van der Waals surface area contributed by atoms with Gasteiger partial charge in [0, 0.05) is 33.3 Å². The minimum Gasteiger partial charge on any atom is -0.398 e. The first-order chi connectivity index (χ1) is 16.1. The van der Waals surface area contributed by atoms with Crippen LogP contribution in [-0.2, 0) is 0 Å². The van der Waals surface area contributed by atoms with Crippen molar-refractivity contribution in [3.63, 3.8) is 0 Å². The van der Waals surface area contributed by atoms with Crippen LogP contribution in [0.5, 0.6) is 0 Å². The number of amides is 1. The average Bonchev–Trinajstić information content (AvgIpc) is 2.88. The minimum atomic E-state index is -0.0449. The van der Waals surface area contributed by atoms with Crippen LogP contribution in [0.4, 0.5) is 5.69 Å². The van der Waals surface area contributed by atoms with Gasteiger partial charge in [-0.05, 0) is 79.8 Å². The zero-order chi connectivity index (χ0) is 23.2. The van der Waals surface area contributed by atoms with E-state index in [1.54, 1.807) is 18.2 Å². The highest BCUT2D eigenvalue weighted by molar-refractivity contribution is 7.97. The van der Waals surface area contributed by atoms with E-state index < -0.39 is 0 Å². The quantitative estimate of drug-likeness (QED) is 0.232. The van der Waals surface area contributed by atoms with Gasteiger partial charge in [0.05, 0.1) is 5.71 Å². The Balaban J connectivity index is 1.55. The van der Waals surface area contributed by atoms with Crippen LogP contribution in [0.3, 0.4) is 0 Å². The second-order valence-corrected chi connectivity index (χ2v) is 10.3. The van der Waals surface area contributed by atoms with Crippen molar-refractivity contribution >= 4 is 29.3 Å². The molecule has 2 aliphatic carbocycles. The highest BCUT2D eigenvalue weighted by atomic mass is 32.2. The van der Waals surface area contributed by atoms with Crippen LogP contribution < -0.4 is 16.2 Å². The molecule has 4 rings (SSSR count). The molecule has 0 heterocycles. The highest BCUT2D eigenvalue weighted by Gasteiger charge is 2.32. The summed E-state index contributed by atoms with van der Waals surface area (Å²) >= 11 is 1.15. The molecule has 2 fully saturated rings. The molecule has 6 heteroatoms. The van der Waals surface area contributed by atoms with E-state index >= 15 is 0 Å². The molecular formula is C27H36N4OS. The predicted molar refractivity (Wildman–Crippen MR) is 138 cm³/mol. The first-order valence-corrected chi connectivity index (χ1v) is 13.2. The molecule has 2 aliphatic rings. The summed E-state index contributed by atoms with van der Waals surface area (Å²) in [7, 11) is 0. The first kappa shape index (κ1) is 23.8. The predicted octanol–water partition coefficient (Wildman–Crippen LogP) is 5.91. The molecule has 0 atom stereocenters. The van der Waals surface area contributed by atoms with Gasteiger partial charge in [-0.15, -0.1) is 0 Å². The fraction of sp³-hybridized carbons (Fsp3) is 0.481. The summed E-state index contributed by atoms with van der Waals surface area (Å²) in [6.45, 7) is 0. The molecule has 0 spiro atoms. The third-order valence-corrected chi connectivity index (χ3v) is 7.98. The van der Waals surface area contributed by atoms with Gasteiger partial charge in [-0.3, -0.25) is 15.3 Å². The van der Waals surface area contributed by atoms with E-state index in [9.17, 15) is 4.79 Å². The molecule has 5 nitrogen and oxygen atoms in total. The second-order valence-electron chi connectivity index (χ2n) is 9.62. The summed E-state index contributed by atoms with van der Waals surface area (Å²) in [5, 5.41) is 17.9. The fourth-order valence-electron chi connectivity index (χ4n) is 5.64. The van der Waals surface area contributed by atoms with Gasteiger partial charge in [-0.1, -0.05) is 50.7 Å². The molecule has 0 saturated heterocycles. The van der Waals surface area contributed by atoms with Crippen molar-refractivity contribution < 1.29 is 4.79 Å².